The zero-order valence-corrected chi connectivity index (χ0v) is 10.9. The van der Waals surface area contributed by atoms with E-state index in [-0.39, 0.29) is 0 Å². The maximum absolute atomic E-state index is 3.75. The van der Waals surface area contributed by atoms with Gasteiger partial charge in [0.1, 0.15) is 0 Å². The zero-order valence-electron chi connectivity index (χ0n) is 10.9. The Morgan fingerprint density at radius 1 is 1.07 bits per heavy atom. The summed E-state index contributed by atoms with van der Waals surface area (Å²) >= 11 is 0. The molecule has 1 aliphatic carbocycles. The van der Waals surface area contributed by atoms with Crippen molar-refractivity contribution in [3.05, 3.63) is 0 Å². The molecule has 1 rings (SSSR count). The molecule has 0 radical (unpaired) electrons. The van der Waals surface area contributed by atoms with Crippen LogP contribution < -0.4 is 5.32 Å². The van der Waals surface area contributed by atoms with E-state index in [0.29, 0.717) is 0 Å². The quantitative estimate of drug-likeness (QED) is 0.700. The van der Waals surface area contributed by atoms with Gasteiger partial charge in [0.15, 0.2) is 0 Å². The maximum Gasteiger partial charge on any atom is 0.00671 e. The lowest BCUT2D eigenvalue weighted by Gasteiger charge is -2.29. The van der Waals surface area contributed by atoms with E-state index in [4.69, 9.17) is 0 Å². The van der Waals surface area contributed by atoms with Gasteiger partial charge in [0.05, 0.1) is 0 Å². The Hall–Kier alpha value is -0.0400. The molecule has 1 nitrogen and oxygen atoms in total. The van der Waals surface area contributed by atoms with E-state index in [1.165, 1.54) is 51.5 Å². The zero-order chi connectivity index (χ0) is 11.1. The summed E-state index contributed by atoms with van der Waals surface area (Å²) in [7, 11) is 0. The summed E-state index contributed by atoms with van der Waals surface area (Å²) in [4.78, 5) is 0. The molecule has 0 saturated heterocycles. The van der Waals surface area contributed by atoms with Crippen molar-refractivity contribution >= 4 is 0 Å². The minimum absolute atomic E-state index is 0.742. The predicted molar refractivity (Wildman–Crippen MR) is 68.1 cm³/mol. The third kappa shape index (κ3) is 4.55. The van der Waals surface area contributed by atoms with Crippen molar-refractivity contribution in [2.45, 2.75) is 71.8 Å². The molecule has 0 aliphatic heterocycles. The fourth-order valence-electron chi connectivity index (χ4n) is 2.73. The second-order valence-corrected chi connectivity index (χ2v) is 5.28. The molecule has 0 bridgehead atoms. The number of hydrogen-bond acceptors (Lipinski definition) is 1. The minimum Gasteiger partial charge on any atom is -0.314 e. The smallest absolute Gasteiger partial charge is 0.00671 e. The summed E-state index contributed by atoms with van der Waals surface area (Å²) < 4.78 is 0. The molecule has 1 unspecified atom stereocenters. The van der Waals surface area contributed by atoms with Crippen LogP contribution in [0.1, 0.15) is 65.7 Å². The van der Waals surface area contributed by atoms with Crippen LogP contribution in [0.3, 0.4) is 0 Å². The molecular weight excluding hydrogens is 182 g/mol. The van der Waals surface area contributed by atoms with Crippen LogP contribution in [-0.2, 0) is 0 Å². The summed E-state index contributed by atoms with van der Waals surface area (Å²) in [6, 6.07) is 0.742. The highest BCUT2D eigenvalue weighted by Gasteiger charge is 2.19. The molecule has 1 saturated carbocycles. The second kappa shape index (κ2) is 7.27. The molecule has 0 aromatic heterocycles. The highest BCUT2D eigenvalue weighted by atomic mass is 14.9. The van der Waals surface area contributed by atoms with E-state index in [1.54, 1.807) is 0 Å². The summed E-state index contributed by atoms with van der Waals surface area (Å²) in [6.07, 6.45) is 9.94. The van der Waals surface area contributed by atoms with Crippen LogP contribution in [0.4, 0.5) is 0 Å². The number of hydrogen-bond donors (Lipinski definition) is 1. The highest BCUT2D eigenvalue weighted by Crippen LogP contribution is 2.26. The van der Waals surface area contributed by atoms with Gasteiger partial charge in [0.2, 0.25) is 0 Å². The Morgan fingerprint density at radius 3 is 2.20 bits per heavy atom. The van der Waals surface area contributed by atoms with Gasteiger partial charge in [0, 0.05) is 6.04 Å². The van der Waals surface area contributed by atoms with Crippen molar-refractivity contribution in [3.63, 3.8) is 0 Å². The van der Waals surface area contributed by atoms with Gasteiger partial charge in [-0.1, -0.05) is 46.0 Å². The molecule has 0 spiro atoms. The molecule has 0 heterocycles. The largest absolute Gasteiger partial charge is 0.314 e. The first-order valence-corrected chi connectivity index (χ1v) is 7.01. The third-order valence-corrected chi connectivity index (χ3v) is 4.24. The summed E-state index contributed by atoms with van der Waals surface area (Å²) in [5.41, 5.74) is 0. The van der Waals surface area contributed by atoms with E-state index in [0.717, 1.165) is 17.9 Å². The topological polar surface area (TPSA) is 12.0 Å². The van der Waals surface area contributed by atoms with Gasteiger partial charge in [-0.05, 0) is 38.1 Å². The van der Waals surface area contributed by atoms with Crippen LogP contribution in [-0.4, -0.2) is 12.6 Å². The molecule has 1 N–H and O–H groups in total. The molecule has 1 fully saturated rings. The Kier molecular flexibility index (Phi) is 6.31. The van der Waals surface area contributed by atoms with E-state index >= 15 is 0 Å². The average molecular weight is 211 g/mol. The molecule has 1 aliphatic rings. The second-order valence-electron chi connectivity index (χ2n) is 5.28. The predicted octanol–water partition coefficient (Wildman–Crippen LogP) is 3.98. The van der Waals surface area contributed by atoms with Crippen molar-refractivity contribution in [2.75, 3.05) is 6.54 Å². The fourth-order valence-corrected chi connectivity index (χ4v) is 2.73. The van der Waals surface area contributed by atoms with Crippen LogP contribution in [0, 0.1) is 11.8 Å². The Morgan fingerprint density at radius 2 is 1.67 bits per heavy atom. The first-order chi connectivity index (χ1) is 7.27. The number of rotatable bonds is 6. The van der Waals surface area contributed by atoms with E-state index < -0.39 is 0 Å². The summed E-state index contributed by atoms with van der Waals surface area (Å²) in [5, 5.41) is 3.75. The monoisotopic (exact) mass is 211 g/mol. The number of nitrogens with one attached hydrogen (secondary N) is 1. The Balaban J connectivity index is 2.18. The standard InChI is InChI=1S/C14H29N/c1-4-13(5-2)11-15-12(3)14-9-7-6-8-10-14/h12-15H,4-11H2,1-3H3. The molecule has 15 heavy (non-hydrogen) atoms. The van der Waals surface area contributed by atoms with E-state index in [9.17, 15) is 0 Å². The SMILES string of the molecule is CCC(CC)CNC(C)C1CCCCC1. The lowest BCUT2D eigenvalue weighted by molar-refractivity contribution is 0.269. The average Bonchev–Trinajstić information content (AvgIpc) is 2.31. The summed E-state index contributed by atoms with van der Waals surface area (Å²) in [6.45, 7) is 8.23. The first kappa shape index (κ1) is 13.0. The van der Waals surface area contributed by atoms with Gasteiger partial charge in [0.25, 0.3) is 0 Å². The Bertz CT molecular complexity index is 145. The third-order valence-electron chi connectivity index (χ3n) is 4.24. The molecule has 1 heteroatoms. The van der Waals surface area contributed by atoms with Crippen molar-refractivity contribution in [1.82, 2.24) is 5.32 Å². The van der Waals surface area contributed by atoms with Crippen molar-refractivity contribution in [1.29, 1.82) is 0 Å². The molecule has 0 aromatic carbocycles. The summed E-state index contributed by atoms with van der Waals surface area (Å²) in [5.74, 6) is 1.84. The molecule has 90 valence electrons. The first-order valence-electron chi connectivity index (χ1n) is 7.01. The van der Waals surface area contributed by atoms with Crippen LogP contribution >= 0.6 is 0 Å². The fraction of sp³-hybridized carbons (Fsp3) is 1.00. The maximum atomic E-state index is 3.75. The van der Waals surface area contributed by atoms with Gasteiger partial charge < -0.3 is 5.32 Å². The normalized spacial score (nSPS) is 20.8. The van der Waals surface area contributed by atoms with Crippen LogP contribution in [0.5, 0.6) is 0 Å². The van der Waals surface area contributed by atoms with Crippen LogP contribution in [0.25, 0.3) is 0 Å². The van der Waals surface area contributed by atoms with Gasteiger partial charge in [-0.3, -0.25) is 0 Å². The molecular formula is C14H29N. The van der Waals surface area contributed by atoms with Crippen molar-refractivity contribution in [3.8, 4) is 0 Å². The van der Waals surface area contributed by atoms with Crippen LogP contribution in [0.15, 0.2) is 0 Å². The van der Waals surface area contributed by atoms with Gasteiger partial charge in [-0.25, -0.2) is 0 Å². The van der Waals surface area contributed by atoms with Crippen molar-refractivity contribution < 1.29 is 0 Å². The van der Waals surface area contributed by atoms with Crippen molar-refractivity contribution in [2.24, 2.45) is 11.8 Å². The Labute approximate surface area is 96.0 Å². The lowest BCUT2D eigenvalue weighted by Crippen LogP contribution is -2.37. The molecule has 1 atom stereocenters. The molecule has 0 amide bonds. The highest BCUT2D eigenvalue weighted by molar-refractivity contribution is 4.76. The van der Waals surface area contributed by atoms with E-state index in [1.807, 2.05) is 0 Å². The van der Waals surface area contributed by atoms with Gasteiger partial charge >= 0.3 is 0 Å². The van der Waals surface area contributed by atoms with Gasteiger partial charge in [-0.2, -0.15) is 0 Å². The minimum atomic E-state index is 0.742. The lowest BCUT2D eigenvalue weighted by atomic mass is 9.84. The van der Waals surface area contributed by atoms with E-state index in [2.05, 4.69) is 26.1 Å². The van der Waals surface area contributed by atoms with Crippen LogP contribution in [0.2, 0.25) is 0 Å². The molecule has 0 aromatic rings. The van der Waals surface area contributed by atoms with Gasteiger partial charge in [-0.15, -0.1) is 0 Å².